The van der Waals surface area contributed by atoms with Gasteiger partial charge in [-0.3, -0.25) is 14.7 Å². The molecule has 2 rings (SSSR count). The number of benzene rings is 1. The average Bonchev–Trinajstić information content (AvgIpc) is 2.87. The van der Waals surface area contributed by atoms with Gasteiger partial charge < -0.3 is 10.2 Å². The van der Waals surface area contributed by atoms with E-state index < -0.39 is 0 Å². The molecule has 0 atom stereocenters. The zero-order valence-corrected chi connectivity index (χ0v) is 21.7. The van der Waals surface area contributed by atoms with Crippen molar-refractivity contribution >= 4 is 23.2 Å². The van der Waals surface area contributed by atoms with Gasteiger partial charge in [0.15, 0.2) is 0 Å². The number of carbonyl (C=O) groups excluding carboxylic acids is 1. The summed E-state index contributed by atoms with van der Waals surface area (Å²) >= 11 is 6.47. The molecular formula is C29H33ClN4O. The number of nitrogens with one attached hydrogen (secondary N) is 1. The number of hydrogen-bond donors (Lipinski definition) is 1. The van der Waals surface area contributed by atoms with E-state index in [0.29, 0.717) is 21.8 Å². The highest BCUT2D eigenvalue weighted by Crippen LogP contribution is 2.23. The van der Waals surface area contributed by atoms with Crippen LogP contribution in [0.2, 0.25) is 5.02 Å². The van der Waals surface area contributed by atoms with Crippen LogP contribution >= 0.6 is 11.6 Å². The Kier molecular flexibility index (Phi) is 11.0. The lowest BCUT2D eigenvalue weighted by Crippen LogP contribution is -2.22. The second-order valence-electron chi connectivity index (χ2n) is 7.75. The third-order valence-electron chi connectivity index (χ3n) is 5.42. The molecule has 0 radical (unpaired) electrons. The quantitative estimate of drug-likeness (QED) is 0.316. The lowest BCUT2D eigenvalue weighted by Gasteiger charge is -2.19. The van der Waals surface area contributed by atoms with E-state index in [0.717, 1.165) is 36.6 Å². The first kappa shape index (κ1) is 27.7. The Bertz CT molecular complexity index is 1180. The fourth-order valence-electron chi connectivity index (χ4n) is 3.21. The van der Waals surface area contributed by atoms with Crippen LogP contribution in [0.4, 0.5) is 5.69 Å². The van der Waals surface area contributed by atoms with Crippen LogP contribution in [-0.2, 0) is 6.54 Å². The number of rotatable bonds is 10. The maximum Gasteiger partial charge on any atom is 0.257 e. The summed E-state index contributed by atoms with van der Waals surface area (Å²) in [5, 5.41) is 3.52. The molecule has 0 spiro atoms. The normalized spacial score (nSPS) is 11.2. The fraction of sp³-hybridized carbons (Fsp3) is 0.241. The van der Waals surface area contributed by atoms with Crippen LogP contribution < -0.4 is 5.32 Å². The summed E-state index contributed by atoms with van der Waals surface area (Å²) in [4.78, 5) is 21.2. The number of halogens is 1. The highest BCUT2D eigenvalue weighted by molar-refractivity contribution is 6.31. The van der Waals surface area contributed by atoms with Gasteiger partial charge in [0.1, 0.15) is 0 Å². The van der Waals surface area contributed by atoms with Crippen LogP contribution in [0.1, 0.15) is 42.3 Å². The molecule has 1 heterocycles. The van der Waals surface area contributed by atoms with E-state index in [1.165, 1.54) is 6.20 Å². The molecule has 0 bridgehead atoms. The van der Waals surface area contributed by atoms with Crippen molar-refractivity contribution in [1.82, 2.24) is 14.8 Å². The first-order chi connectivity index (χ1) is 16.8. The van der Waals surface area contributed by atoms with E-state index in [1.54, 1.807) is 24.4 Å². The summed E-state index contributed by atoms with van der Waals surface area (Å²) in [6.07, 6.45) is 10.4. The van der Waals surface area contributed by atoms with Crippen molar-refractivity contribution in [3.05, 3.63) is 107 Å². The predicted octanol–water partition coefficient (Wildman–Crippen LogP) is 6.27. The van der Waals surface area contributed by atoms with Gasteiger partial charge in [-0.15, -0.1) is 0 Å². The molecule has 0 fully saturated rings. The SMILES string of the molecule is C=C/C=C\C(=C)N(C)/C(C#Cc1cncc(C(=O)Nc2ccc(CN(CC)CC)c(Cl)c2)c1)=C\C. The van der Waals surface area contributed by atoms with Crippen molar-refractivity contribution in [3.8, 4) is 11.8 Å². The zero-order chi connectivity index (χ0) is 25.8. The monoisotopic (exact) mass is 488 g/mol. The maximum atomic E-state index is 12.8. The number of nitrogens with zero attached hydrogens (tertiary/aromatic N) is 3. The number of likely N-dealkylation sites (N-methyl/N-ethyl adjacent to an activating group) is 1. The Labute approximate surface area is 214 Å². The van der Waals surface area contributed by atoms with Crippen LogP contribution in [0.5, 0.6) is 0 Å². The Morgan fingerprint density at radius 3 is 2.60 bits per heavy atom. The number of aromatic nitrogens is 1. The summed E-state index contributed by atoms with van der Waals surface area (Å²) in [5.41, 5.74) is 4.25. The van der Waals surface area contributed by atoms with Gasteiger partial charge in [0.2, 0.25) is 0 Å². The lowest BCUT2D eigenvalue weighted by molar-refractivity contribution is 0.102. The second-order valence-corrected chi connectivity index (χ2v) is 8.16. The predicted molar refractivity (Wildman–Crippen MR) is 147 cm³/mol. The number of pyridine rings is 1. The molecule has 0 aliphatic carbocycles. The average molecular weight is 489 g/mol. The maximum absolute atomic E-state index is 12.8. The molecule has 0 saturated carbocycles. The Balaban J connectivity index is 2.14. The van der Waals surface area contributed by atoms with E-state index in [4.69, 9.17) is 11.6 Å². The molecular weight excluding hydrogens is 456 g/mol. The number of carbonyl (C=O) groups is 1. The topological polar surface area (TPSA) is 48.5 Å². The van der Waals surface area contributed by atoms with E-state index in [1.807, 2.05) is 49.2 Å². The first-order valence-electron chi connectivity index (χ1n) is 11.5. The largest absolute Gasteiger partial charge is 0.339 e. The van der Waals surface area contributed by atoms with E-state index in [-0.39, 0.29) is 5.91 Å². The number of hydrogen-bond acceptors (Lipinski definition) is 4. The summed E-state index contributed by atoms with van der Waals surface area (Å²) in [6, 6.07) is 7.30. The third kappa shape index (κ3) is 8.29. The Hall–Kier alpha value is -3.59. The van der Waals surface area contributed by atoms with Crippen LogP contribution in [0.15, 0.2) is 85.5 Å². The van der Waals surface area contributed by atoms with E-state index in [2.05, 4.69) is 54.0 Å². The van der Waals surface area contributed by atoms with Gasteiger partial charge in [0.25, 0.3) is 5.91 Å². The minimum absolute atomic E-state index is 0.278. The van der Waals surface area contributed by atoms with Crippen molar-refractivity contribution in [3.63, 3.8) is 0 Å². The summed E-state index contributed by atoms with van der Waals surface area (Å²) in [7, 11) is 1.89. The lowest BCUT2D eigenvalue weighted by atomic mass is 10.1. The molecule has 1 aromatic carbocycles. The second kappa shape index (κ2) is 14.0. The van der Waals surface area contributed by atoms with Crippen LogP contribution in [0.25, 0.3) is 0 Å². The molecule has 5 nitrogen and oxygen atoms in total. The fourth-order valence-corrected chi connectivity index (χ4v) is 3.45. The van der Waals surface area contributed by atoms with Crippen molar-refractivity contribution in [2.75, 3.05) is 25.5 Å². The van der Waals surface area contributed by atoms with Gasteiger partial charge in [-0.2, -0.15) is 0 Å². The molecule has 0 aliphatic rings. The zero-order valence-electron chi connectivity index (χ0n) is 20.9. The van der Waals surface area contributed by atoms with Crippen LogP contribution in [-0.4, -0.2) is 40.8 Å². The molecule has 0 unspecified atom stereocenters. The van der Waals surface area contributed by atoms with Gasteiger partial charge in [0, 0.05) is 48.0 Å². The molecule has 35 heavy (non-hydrogen) atoms. The third-order valence-corrected chi connectivity index (χ3v) is 5.78. The minimum atomic E-state index is -0.278. The smallest absolute Gasteiger partial charge is 0.257 e. The standard InChI is InChI=1S/C29H33ClN4O/c1-7-11-12-22(5)33(6)27(8-2)16-13-23-17-25(20-31-19-23)29(35)32-26-15-14-24(28(30)18-26)21-34(9-3)10-4/h7-8,11-12,14-15,17-20H,1,5,9-10,21H2,2-4,6H3,(H,32,35)/b12-11-,27-8-. The molecule has 1 aromatic heterocycles. The minimum Gasteiger partial charge on any atom is -0.339 e. The molecule has 1 amide bonds. The Morgan fingerprint density at radius 1 is 1.23 bits per heavy atom. The highest BCUT2D eigenvalue weighted by atomic mass is 35.5. The van der Waals surface area contributed by atoms with Crippen molar-refractivity contribution in [2.24, 2.45) is 0 Å². The highest BCUT2D eigenvalue weighted by Gasteiger charge is 2.11. The number of anilines is 1. The van der Waals surface area contributed by atoms with Gasteiger partial charge in [-0.25, -0.2) is 0 Å². The van der Waals surface area contributed by atoms with Gasteiger partial charge in [-0.1, -0.05) is 68.8 Å². The van der Waals surface area contributed by atoms with Crippen molar-refractivity contribution in [1.29, 1.82) is 0 Å². The summed E-state index contributed by atoms with van der Waals surface area (Å²) in [5.74, 6) is 5.92. The van der Waals surface area contributed by atoms with Crippen molar-refractivity contribution < 1.29 is 4.79 Å². The van der Waals surface area contributed by atoms with Crippen LogP contribution in [0, 0.1) is 11.8 Å². The molecule has 6 heteroatoms. The molecule has 0 saturated heterocycles. The van der Waals surface area contributed by atoms with Gasteiger partial charge >= 0.3 is 0 Å². The van der Waals surface area contributed by atoms with Crippen LogP contribution in [0.3, 0.4) is 0 Å². The van der Waals surface area contributed by atoms with E-state index >= 15 is 0 Å². The number of amides is 1. The molecule has 0 aliphatic heterocycles. The van der Waals surface area contributed by atoms with Gasteiger partial charge in [-0.05, 0) is 55.8 Å². The van der Waals surface area contributed by atoms with Gasteiger partial charge in [0.05, 0.1) is 11.3 Å². The summed E-state index contributed by atoms with van der Waals surface area (Å²) in [6.45, 7) is 16.5. The Morgan fingerprint density at radius 2 is 1.97 bits per heavy atom. The summed E-state index contributed by atoms with van der Waals surface area (Å²) < 4.78 is 0. The molecule has 2 aromatic rings. The van der Waals surface area contributed by atoms with E-state index in [9.17, 15) is 4.79 Å². The first-order valence-corrected chi connectivity index (χ1v) is 11.9. The molecule has 1 N–H and O–H groups in total. The molecule has 182 valence electrons. The number of allylic oxidation sites excluding steroid dienone is 5. The van der Waals surface area contributed by atoms with Crippen molar-refractivity contribution in [2.45, 2.75) is 27.3 Å².